The van der Waals surface area contributed by atoms with Gasteiger partial charge in [-0.25, -0.2) is 0 Å². The summed E-state index contributed by atoms with van der Waals surface area (Å²) in [6.45, 7) is 2.16. The summed E-state index contributed by atoms with van der Waals surface area (Å²) in [4.78, 5) is 0. The van der Waals surface area contributed by atoms with E-state index in [0.717, 1.165) is 5.92 Å². The largest absolute Gasteiger partial charge is 0.143 e. The Balaban J connectivity index is 2.11. The summed E-state index contributed by atoms with van der Waals surface area (Å²) in [6.07, 6.45) is 10.5. The lowest BCUT2D eigenvalue weighted by Gasteiger charge is -2.38. The van der Waals surface area contributed by atoms with Crippen LogP contribution in [0.3, 0.4) is 0 Å². The van der Waals surface area contributed by atoms with Crippen molar-refractivity contribution >= 4 is 23.5 Å². The van der Waals surface area contributed by atoms with Crippen LogP contribution in [0.1, 0.15) is 32.6 Å². The van der Waals surface area contributed by atoms with Gasteiger partial charge in [0.2, 0.25) is 0 Å². The number of allylic oxidation sites excluding steroid dienone is 2. The smallest absolute Gasteiger partial charge is 0.0673 e. The highest BCUT2D eigenvalue weighted by atomic mass is 32.2. The van der Waals surface area contributed by atoms with Crippen LogP contribution in [0.25, 0.3) is 0 Å². The lowest BCUT2D eigenvalue weighted by atomic mass is 9.88. The van der Waals surface area contributed by atoms with Crippen LogP contribution in [0.5, 0.6) is 0 Å². The summed E-state index contributed by atoms with van der Waals surface area (Å²) in [5, 5.41) is 0. The SMILES string of the molecule is C/C=C/C1CCCCC12SCCS2. The van der Waals surface area contributed by atoms with Gasteiger partial charge in [-0.2, -0.15) is 0 Å². The molecule has 2 rings (SSSR count). The van der Waals surface area contributed by atoms with Crippen LogP contribution in [0, 0.1) is 5.92 Å². The lowest BCUT2D eigenvalue weighted by molar-refractivity contribution is 0.408. The Morgan fingerprint density at radius 2 is 2.00 bits per heavy atom. The van der Waals surface area contributed by atoms with Crippen molar-refractivity contribution in [2.75, 3.05) is 11.5 Å². The average Bonchev–Trinajstić information content (AvgIpc) is 2.59. The summed E-state index contributed by atoms with van der Waals surface area (Å²) in [6, 6.07) is 0. The second-order valence-corrected chi connectivity index (χ2v) is 7.00. The van der Waals surface area contributed by atoms with Gasteiger partial charge < -0.3 is 0 Å². The first-order valence-corrected chi connectivity index (χ1v) is 7.25. The van der Waals surface area contributed by atoms with E-state index in [1.807, 2.05) is 0 Å². The van der Waals surface area contributed by atoms with Gasteiger partial charge in [-0.15, -0.1) is 23.5 Å². The van der Waals surface area contributed by atoms with Gasteiger partial charge in [0.1, 0.15) is 0 Å². The van der Waals surface area contributed by atoms with E-state index in [1.165, 1.54) is 37.2 Å². The van der Waals surface area contributed by atoms with Crippen LogP contribution in [-0.4, -0.2) is 15.6 Å². The zero-order valence-corrected chi connectivity index (χ0v) is 9.92. The van der Waals surface area contributed by atoms with Gasteiger partial charge in [-0.3, -0.25) is 0 Å². The third-order valence-electron chi connectivity index (χ3n) is 3.06. The molecule has 1 heterocycles. The predicted molar refractivity (Wildman–Crippen MR) is 64.4 cm³/mol. The molecule has 1 atom stereocenters. The Morgan fingerprint density at radius 1 is 1.23 bits per heavy atom. The van der Waals surface area contributed by atoms with Gasteiger partial charge in [0.25, 0.3) is 0 Å². The molecule has 13 heavy (non-hydrogen) atoms. The van der Waals surface area contributed by atoms with E-state index in [9.17, 15) is 0 Å². The second-order valence-electron chi connectivity index (χ2n) is 3.89. The molecule has 74 valence electrons. The van der Waals surface area contributed by atoms with E-state index < -0.39 is 0 Å². The van der Waals surface area contributed by atoms with Crippen molar-refractivity contribution in [3.8, 4) is 0 Å². The van der Waals surface area contributed by atoms with Crippen molar-refractivity contribution in [2.24, 2.45) is 5.92 Å². The molecule has 0 bridgehead atoms. The second kappa shape index (κ2) is 4.31. The molecule has 2 heteroatoms. The molecule has 0 aromatic rings. The van der Waals surface area contributed by atoms with E-state index >= 15 is 0 Å². The summed E-state index contributed by atoms with van der Waals surface area (Å²) in [5.74, 6) is 3.60. The molecule has 1 saturated heterocycles. The van der Waals surface area contributed by atoms with Gasteiger partial charge in [-0.1, -0.05) is 25.0 Å². The molecule has 0 aromatic carbocycles. The summed E-state index contributed by atoms with van der Waals surface area (Å²) < 4.78 is 0.588. The first-order chi connectivity index (χ1) is 6.37. The topological polar surface area (TPSA) is 0 Å². The fraction of sp³-hybridized carbons (Fsp3) is 0.818. The van der Waals surface area contributed by atoms with Gasteiger partial charge >= 0.3 is 0 Å². The Bertz CT molecular complexity index is 192. The van der Waals surface area contributed by atoms with Gasteiger partial charge in [0.05, 0.1) is 4.08 Å². The van der Waals surface area contributed by atoms with Crippen LogP contribution >= 0.6 is 23.5 Å². The Kier molecular flexibility index (Phi) is 3.31. The maximum Gasteiger partial charge on any atom is 0.0673 e. The molecule has 0 radical (unpaired) electrons. The van der Waals surface area contributed by atoms with Crippen molar-refractivity contribution in [3.05, 3.63) is 12.2 Å². The molecule has 1 spiro atoms. The number of hydrogen-bond acceptors (Lipinski definition) is 2. The first kappa shape index (κ1) is 9.97. The van der Waals surface area contributed by atoms with Crippen molar-refractivity contribution < 1.29 is 0 Å². The zero-order valence-electron chi connectivity index (χ0n) is 8.29. The minimum Gasteiger partial charge on any atom is -0.143 e. The maximum atomic E-state index is 2.45. The highest BCUT2D eigenvalue weighted by Gasteiger charge is 2.42. The number of thioether (sulfide) groups is 2. The molecule has 1 aliphatic carbocycles. The fourth-order valence-electron chi connectivity index (χ4n) is 2.45. The van der Waals surface area contributed by atoms with Crippen molar-refractivity contribution in [2.45, 2.75) is 36.7 Å². The third kappa shape index (κ3) is 1.94. The molecule has 1 aliphatic heterocycles. The fourth-order valence-corrected chi connectivity index (χ4v) is 6.03. The third-order valence-corrected chi connectivity index (χ3v) is 6.83. The van der Waals surface area contributed by atoms with Crippen molar-refractivity contribution in [1.29, 1.82) is 0 Å². The standard InChI is InChI=1S/C11H18S2/c1-2-5-10-6-3-4-7-11(10)12-8-9-13-11/h2,5,10H,3-4,6-9H2,1H3/b5-2+. The highest BCUT2D eigenvalue weighted by Crippen LogP contribution is 2.56. The predicted octanol–water partition coefficient (Wildman–Crippen LogP) is 3.93. The summed E-state index contributed by atoms with van der Waals surface area (Å²) >= 11 is 4.45. The molecular weight excluding hydrogens is 196 g/mol. The quantitative estimate of drug-likeness (QED) is 0.607. The van der Waals surface area contributed by atoms with Gasteiger partial charge in [0.15, 0.2) is 0 Å². The summed E-state index contributed by atoms with van der Waals surface area (Å²) in [7, 11) is 0. The van der Waals surface area contributed by atoms with E-state index in [0.29, 0.717) is 4.08 Å². The highest BCUT2D eigenvalue weighted by molar-refractivity contribution is 8.21. The normalized spacial score (nSPS) is 33.2. The summed E-state index contributed by atoms with van der Waals surface area (Å²) in [5.41, 5.74) is 0. The van der Waals surface area contributed by atoms with Crippen LogP contribution < -0.4 is 0 Å². The molecule has 1 saturated carbocycles. The van der Waals surface area contributed by atoms with Gasteiger partial charge in [-0.05, 0) is 19.8 Å². The van der Waals surface area contributed by atoms with E-state index in [1.54, 1.807) is 0 Å². The molecule has 0 aromatic heterocycles. The average molecular weight is 214 g/mol. The van der Waals surface area contributed by atoms with Crippen molar-refractivity contribution in [3.63, 3.8) is 0 Å². The minimum atomic E-state index is 0.588. The monoisotopic (exact) mass is 214 g/mol. The molecule has 0 nitrogen and oxygen atoms in total. The zero-order chi connectivity index (χ0) is 9.15. The van der Waals surface area contributed by atoms with E-state index in [2.05, 4.69) is 42.6 Å². The Labute approximate surface area is 89.9 Å². The minimum absolute atomic E-state index is 0.588. The first-order valence-electron chi connectivity index (χ1n) is 5.28. The molecule has 2 aliphatic rings. The van der Waals surface area contributed by atoms with Crippen LogP contribution in [-0.2, 0) is 0 Å². The Morgan fingerprint density at radius 3 is 2.69 bits per heavy atom. The van der Waals surface area contributed by atoms with Crippen LogP contribution in [0.4, 0.5) is 0 Å². The lowest BCUT2D eigenvalue weighted by Crippen LogP contribution is -2.31. The van der Waals surface area contributed by atoms with Crippen molar-refractivity contribution in [1.82, 2.24) is 0 Å². The maximum absolute atomic E-state index is 2.45. The van der Waals surface area contributed by atoms with Crippen LogP contribution in [0.2, 0.25) is 0 Å². The molecule has 2 fully saturated rings. The molecule has 1 unspecified atom stereocenters. The Hall–Kier alpha value is 0.440. The number of rotatable bonds is 1. The molecule has 0 amide bonds. The number of hydrogen-bond donors (Lipinski definition) is 0. The van der Waals surface area contributed by atoms with Gasteiger partial charge in [0, 0.05) is 17.4 Å². The van der Waals surface area contributed by atoms with E-state index in [4.69, 9.17) is 0 Å². The van der Waals surface area contributed by atoms with E-state index in [-0.39, 0.29) is 0 Å². The van der Waals surface area contributed by atoms with Crippen LogP contribution in [0.15, 0.2) is 12.2 Å². The molecular formula is C11H18S2. The molecule has 0 N–H and O–H groups in total.